The van der Waals surface area contributed by atoms with Crippen molar-refractivity contribution in [3.63, 3.8) is 0 Å². The molecule has 0 bridgehead atoms. The van der Waals surface area contributed by atoms with E-state index in [2.05, 4.69) is 21.2 Å². The third kappa shape index (κ3) is 2.83. The van der Waals surface area contributed by atoms with Crippen LogP contribution in [-0.4, -0.2) is 31.9 Å². The van der Waals surface area contributed by atoms with Gasteiger partial charge in [-0.2, -0.15) is 0 Å². The van der Waals surface area contributed by atoms with Crippen molar-refractivity contribution in [1.29, 1.82) is 0 Å². The average Bonchev–Trinajstić information content (AvgIpc) is 2.73. The Morgan fingerprint density at radius 1 is 1.50 bits per heavy atom. The van der Waals surface area contributed by atoms with Crippen LogP contribution in [0.5, 0.6) is 0 Å². The lowest BCUT2D eigenvalue weighted by atomic mass is 10.2. The third-order valence-electron chi connectivity index (χ3n) is 2.36. The first kappa shape index (κ1) is 12.1. The molecule has 1 amide bonds. The van der Waals surface area contributed by atoms with Crippen LogP contribution in [0.1, 0.15) is 16.1 Å². The third-order valence-corrected chi connectivity index (χ3v) is 5.76. The van der Waals surface area contributed by atoms with Crippen molar-refractivity contribution in [1.82, 2.24) is 5.32 Å². The number of hydrogen-bond donors (Lipinski definition) is 1. The Morgan fingerprint density at radius 2 is 2.25 bits per heavy atom. The second-order valence-electron chi connectivity index (χ2n) is 3.68. The second kappa shape index (κ2) is 4.46. The zero-order valence-electron chi connectivity index (χ0n) is 8.27. The largest absolute Gasteiger partial charge is 0.348 e. The van der Waals surface area contributed by atoms with Gasteiger partial charge < -0.3 is 5.32 Å². The monoisotopic (exact) mass is 323 g/mol. The molecule has 0 unspecified atom stereocenters. The van der Waals surface area contributed by atoms with E-state index < -0.39 is 9.84 Å². The summed E-state index contributed by atoms with van der Waals surface area (Å²) in [7, 11) is -2.94. The molecular weight excluding hydrogens is 314 g/mol. The lowest BCUT2D eigenvalue weighted by Gasteiger charge is -2.08. The van der Waals surface area contributed by atoms with Gasteiger partial charge in [-0.3, -0.25) is 4.79 Å². The summed E-state index contributed by atoms with van der Waals surface area (Å²) in [6.07, 6.45) is 0.515. The summed E-state index contributed by atoms with van der Waals surface area (Å²) < 4.78 is 23.3. The van der Waals surface area contributed by atoms with E-state index in [4.69, 9.17) is 0 Å². The van der Waals surface area contributed by atoms with E-state index in [0.29, 0.717) is 11.3 Å². The number of halogens is 1. The molecule has 1 atom stereocenters. The van der Waals surface area contributed by atoms with Crippen molar-refractivity contribution in [2.75, 3.05) is 11.5 Å². The van der Waals surface area contributed by atoms with Gasteiger partial charge in [-0.25, -0.2) is 8.42 Å². The lowest BCUT2D eigenvalue weighted by Crippen LogP contribution is -2.35. The minimum atomic E-state index is -2.94. The molecule has 1 aromatic heterocycles. The Morgan fingerprint density at radius 3 is 2.75 bits per heavy atom. The summed E-state index contributed by atoms with van der Waals surface area (Å²) in [5, 5.41) is 2.74. The van der Waals surface area contributed by atoms with Gasteiger partial charge in [0.15, 0.2) is 9.84 Å². The SMILES string of the molecule is O=C(N[C@@H]1CCS(=O)(=O)C1)c1ccc(Br)s1. The molecule has 7 heteroatoms. The summed E-state index contributed by atoms with van der Waals surface area (Å²) >= 11 is 4.61. The van der Waals surface area contributed by atoms with Gasteiger partial charge in [0.25, 0.3) is 5.91 Å². The molecule has 4 nitrogen and oxygen atoms in total. The van der Waals surface area contributed by atoms with Crippen molar-refractivity contribution in [2.45, 2.75) is 12.5 Å². The van der Waals surface area contributed by atoms with Crippen molar-refractivity contribution in [2.24, 2.45) is 0 Å². The molecule has 2 heterocycles. The average molecular weight is 324 g/mol. The van der Waals surface area contributed by atoms with E-state index in [1.807, 2.05) is 0 Å². The van der Waals surface area contributed by atoms with Crippen molar-refractivity contribution in [3.05, 3.63) is 20.8 Å². The molecule has 88 valence electrons. The van der Waals surface area contributed by atoms with E-state index in [0.717, 1.165) is 3.79 Å². The van der Waals surface area contributed by atoms with Gasteiger partial charge in [-0.05, 0) is 34.5 Å². The number of carbonyl (C=O) groups is 1. The molecule has 1 aromatic rings. The Bertz CT molecular complexity index is 509. The predicted octanol–water partition coefficient (Wildman–Crippen LogP) is 1.43. The smallest absolute Gasteiger partial charge is 0.261 e. The normalized spacial score (nSPS) is 23.2. The molecule has 16 heavy (non-hydrogen) atoms. The number of hydrogen-bond acceptors (Lipinski definition) is 4. The fraction of sp³-hybridized carbons (Fsp3) is 0.444. The van der Waals surface area contributed by atoms with Gasteiger partial charge in [0.2, 0.25) is 0 Å². The maximum Gasteiger partial charge on any atom is 0.261 e. The zero-order chi connectivity index (χ0) is 11.8. The molecule has 0 aliphatic carbocycles. The van der Waals surface area contributed by atoms with Gasteiger partial charge in [0, 0.05) is 6.04 Å². The molecule has 1 aliphatic heterocycles. The Labute approximate surface area is 106 Å². The maximum atomic E-state index is 11.7. The summed E-state index contributed by atoms with van der Waals surface area (Å²) in [5.41, 5.74) is 0. The number of carbonyl (C=O) groups excluding carboxylic acids is 1. The van der Waals surface area contributed by atoms with Gasteiger partial charge in [-0.15, -0.1) is 11.3 Å². The molecule has 0 spiro atoms. The zero-order valence-corrected chi connectivity index (χ0v) is 11.5. The first-order chi connectivity index (χ1) is 7.46. The van der Waals surface area contributed by atoms with Crippen molar-refractivity contribution in [3.8, 4) is 0 Å². The summed E-state index contributed by atoms with van der Waals surface area (Å²) in [6, 6.07) is 3.27. The van der Waals surface area contributed by atoms with E-state index in [1.54, 1.807) is 12.1 Å². The molecule has 0 aromatic carbocycles. The van der Waals surface area contributed by atoms with Crippen LogP contribution in [0.2, 0.25) is 0 Å². The number of rotatable bonds is 2. The number of sulfone groups is 1. The highest BCUT2D eigenvalue weighted by Crippen LogP contribution is 2.22. The minimum absolute atomic E-state index is 0.0608. The van der Waals surface area contributed by atoms with Gasteiger partial charge in [0.05, 0.1) is 20.2 Å². The van der Waals surface area contributed by atoms with Crippen LogP contribution in [0, 0.1) is 0 Å². The van der Waals surface area contributed by atoms with Crippen LogP contribution < -0.4 is 5.32 Å². The number of nitrogens with one attached hydrogen (secondary N) is 1. The predicted molar refractivity (Wildman–Crippen MR) is 66.5 cm³/mol. The minimum Gasteiger partial charge on any atom is -0.348 e. The van der Waals surface area contributed by atoms with E-state index >= 15 is 0 Å². The Kier molecular flexibility index (Phi) is 3.37. The quantitative estimate of drug-likeness (QED) is 0.895. The fourth-order valence-electron chi connectivity index (χ4n) is 1.60. The van der Waals surface area contributed by atoms with Crippen LogP contribution in [0.25, 0.3) is 0 Å². The highest BCUT2D eigenvalue weighted by molar-refractivity contribution is 9.11. The van der Waals surface area contributed by atoms with Gasteiger partial charge in [0.1, 0.15) is 0 Å². The molecule has 1 aliphatic rings. The first-order valence-corrected chi connectivity index (χ1v) is 8.16. The molecule has 0 radical (unpaired) electrons. The van der Waals surface area contributed by atoms with E-state index in [-0.39, 0.29) is 23.5 Å². The molecule has 1 fully saturated rings. The van der Waals surface area contributed by atoms with E-state index in [1.165, 1.54) is 11.3 Å². The van der Waals surface area contributed by atoms with Crippen LogP contribution in [-0.2, 0) is 9.84 Å². The molecular formula is C9H10BrNO3S2. The Hall–Kier alpha value is -0.400. The lowest BCUT2D eigenvalue weighted by molar-refractivity contribution is 0.0945. The Balaban J connectivity index is 1.99. The highest BCUT2D eigenvalue weighted by atomic mass is 79.9. The second-order valence-corrected chi connectivity index (χ2v) is 8.37. The van der Waals surface area contributed by atoms with Crippen LogP contribution in [0.15, 0.2) is 15.9 Å². The molecule has 1 saturated heterocycles. The maximum absolute atomic E-state index is 11.7. The standard InChI is InChI=1S/C9H10BrNO3S2/c10-8-2-1-7(15-8)9(12)11-6-3-4-16(13,14)5-6/h1-2,6H,3-5H2,(H,11,12)/t6-/m1/s1. The molecule has 2 rings (SSSR count). The van der Waals surface area contributed by atoms with Gasteiger partial charge in [-0.1, -0.05) is 0 Å². The summed E-state index contributed by atoms with van der Waals surface area (Å²) in [4.78, 5) is 12.3. The van der Waals surface area contributed by atoms with Gasteiger partial charge >= 0.3 is 0 Å². The molecule has 1 N–H and O–H groups in total. The summed E-state index contributed by atoms with van der Waals surface area (Å²) in [5.74, 6) is 0.0370. The van der Waals surface area contributed by atoms with Crippen molar-refractivity contribution < 1.29 is 13.2 Å². The topological polar surface area (TPSA) is 63.2 Å². The van der Waals surface area contributed by atoms with Crippen LogP contribution in [0.3, 0.4) is 0 Å². The fourth-order valence-corrected chi connectivity index (χ4v) is 4.56. The number of amides is 1. The van der Waals surface area contributed by atoms with E-state index in [9.17, 15) is 13.2 Å². The van der Waals surface area contributed by atoms with Crippen LogP contribution in [0.4, 0.5) is 0 Å². The van der Waals surface area contributed by atoms with Crippen LogP contribution >= 0.6 is 27.3 Å². The first-order valence-electron chi connectivity index (χ1n) is 4.73. The van der Waals surface area contributed by atoms with Crippen molar-refractivity contribution >= 4 is 43.0 Å². The summed E-state index contributed by atoms with van der Waals surface area (Å²) in [6.45, 7) is 0. The highest BCUT2D eigenvalue weighted by Gasteiger charge is 2.29. The molecule has 0 saturated carbocycles. The number of thiophene rings is 1.